The number of hydrogen-bond acceptors (Lipinski definition) is 3. The summed E-state index contributed by atoms with van der Waals surface area (Å²) in [4.78, 5) is 10.1. The molecule has 1 aromatic carbocycles. The minimum Gasteiger partial charge on any atom is -0.311 e. The van der Waals surface area contributed by atoms with Crippen LogP contribution in [0.5, 0.6) is 0 Å². The predicted octanol–water partition coefficient (Wildman–Crippen LogP) is 3.14. The Balaban J connectivity index is 3.05. The van der Waals surface area contributed by atoms with E-state index in [1.807, 2.05) is 20.8 Å². The second kappa shape index (κ2) is 6.26. The smallest absolute Gasteiger partial charge is 0.270 e. The fourth-order valence-electron chi connectivity index (χ4n) is 1.59. The van der Waals surface area contributed by atoms with Gasteiger partial charge in [0.25, 0.3) is 5.69 Å². The first-order chi connectivity index (χ1) is 8.45. The Labute approximate surface area is 106 Å². The molecule has 1 rings (SSSR count). The van der Waals surface area contributed by atoms with Crippen molar-refractivity contribution in [1.82, 2.24) is 5.32 Å². The van der Waals surface area contributed by atoms with Gasteiger partial charge in [0.05, 0.1) is 4.92 Å². The van der Waals surface area contributed by atoms with Crippen molar-refractivity contribution >= 4 is 11.8 Å². The predicted molar refractivity (Wildman–Crippen MR) is 69.8 cm³/mol. The average Bonchev–Trinajstić information content (AvgIpc) is 2.31. The lowest BCUT2D eigenvalue weighted by Crippen LogP contribution is -2.26. The number of hydrogen-bond donors (Lipinski definition) is 1. The molecular formula is C13H17FN2O2. The van der Waals surface area contributed by atoms with Gasteiger partial charge in [0, 0.05) is 23.7 Å². The van der Waals surface area contributed by atoms with E-state index < -0.39 is 10.7 Å². The van der Waals surface area contributed by atoms with E-state index in [1.54, 1.807) is 6.08 Å². The van der Waals surface area contributed by atoms with Gasteiger partial charge in [-0.3, -0.25) is 10.1 Å². The third-order valence-electron chi connectivity index (χ3n) is 2.77. The van der Waals surface area contributed by atoms with Gasteiger partial charge in [0.1, 0.15) is 5.82 Å². The van der Waals surface area contributed by atoms with Crippen molar-refractivity contribution in [3.8, 4) is 0 Å². The zero-order chi connectivity index (χ0) is 13.7. The van der Waals surface area contributed by atoms with Crippen LogP contribution in [0.25, 0.3) is 6.08 Å². The number of nitrogens with one attached hydrogen (secondary N) is 1. The Kier molecular flexibility index (Phi) is 4.97. The first-order valence-corrected chi connectivity index (χ1v) is 5.81. The van der Waals surface area contributed by atoms with Gasteiger partial charge in [-0.25, -0.2) is 4.39 Å². The fraction of sp³-hybridized carbons (Fsp3) is 0.385. The highest BCUT2D eigenvalue weighted by Gasteiger charge is 2.10. The molecule has 1 unspecified atom stereocenters. The normalized spacial score (nSPS) is 13.4. The van der Waals surface area contributed by atoms with E-state index in [4.69, 9.17) is 0 Å². The first-order valence-electron chi connectivity index (χ1n) is 5.81. The molecule has 0 heterocycles. The van der Waals surface area contributed by atoms with E-state index in [2.05, 4.69) is 5.32 Å². The fourth-order valence-corrected chi connectivity index (χ4v) is 1.59. The maximum Gasteiger partial charge on any atom is 0.270 e. The largest absolute Gasteiger partial charge is 0.311 e. The summed E-state index contributed by atoms with van der Waals surface area (Å²) >= 11 is 0. The van der Waals surface area contributed by atoms with Crippen LogP contribution in [0, 0.1) is 15.9 Å². The lowest BCUT2D eigenvalue weighted by Gasteiger charge is -2.13. The molecular weight excluding hydrogens is 235 g/mol. The van der Waals surface area contributed by atoms with Crippen LogP contribution in [0.15, 0.2) is 23.8 Å². The molecule has 0 bridgehead atoms. The van der Waals surface area contributed by atoms with Crippen molar-refractivity contribution in [3.63, 3.8) is 0 Å². The van der Waals surface area contributed by atoms with Crippen LogP contribution >= 0.6 is 0 Å². The van der Waals surface area contributed by atoms with Gasteiger partial charge < -0.3 is 5.32 Å². The zero-order valence-electron chi connectivity index (χ0n) is 10.7. The van der Waals surface area contributed by atoms with Gasteiger partial charge in [-0.2, -0.15) is 0 Å². The molecule has 5 heteroatoms. The standard InChI is InChI=1S/C13H17FN2O2/c1-4-15-10(3)9(2)7-11-8-12(16(17)18)5-6-13(11)14/h5-8,10,15H,4H2,1-3H3/b9-7+. The maximum absolute atomic E-state index is 13.6. The molecule has 1 N–H and O–H groups in total. The summed E-state index contributed by atoms with van der Waals surface area (Å²) in [5.74, 6) is -0.455. The highest BCUT2D eigenvalue weighted by molar-refractivity contribution is 5.57. The maximum atomic E-state index is 13.6. The summed E-state index contributed by atoms with van der Waals surface area (Å²) in [6.45, 7) is 6.62. The first kappa shape index (κ1) is 14.3. The summed E-state index contributed by atoms with van der Waals surface area (Å²) in [5.41, 5.74) is 1.06. The topological polar surface area (TPSA) is 55.2 Å². The molecule has 1 aromatic rings. The highest BCUT2D eigenvalue weighted by atomic mass is 19.1. The van der Waals surface area contributed by atoms with Crippen LogP contribution < -0.4 is 5.32 Å². The van der Waals surface area contributed by atoms with Crippen LogP contribution in [0.4, 0.5) is 10.1 Å². The van der Waals surface area contributed by atoms with Gasteiger partial charge in [-0.05, 0) is 26.5 Å². The number of nitrogens with zero attached hydrogens (tertiary/aromatic N) is 1. The van der Waals surface area contributed by atoms with Crippen LogP contribution in [0.3, 0.4) is 0 Å². The average molecular weight is 252 g/mol. The number of likely N-dealkylation sites (N-methyl/N-ethyl adjacent to an activating group) is 1. The third-order valence-corrected chi connectivity index (χ3v) is 2.77. The van der Waals surface area contributed by atoms with Gasteiger partial charge >= 0.3 is 0 Å². The van der Waals surface area contributed by atoms with E-state index in [0.717, 1.165) is 24.3 Å². The number of rotatable bonds is 5. The Morgan fingerprint density at radius 2 is 2.28 bits per heavy atom. The summed E-state index contributed by atoms with van der Waals surface area (Å²) in [6.07, 6.45) is 1.63. The van der Waals surface area contributed by atoms with Crippen molar-refractivity contribution in [2.75, 3.05) is 6.54 Å². The lowest BCUT2D eigenvalue weighted by atomic mass is 10.1. The van der Waals surface area contributed by atoms with Gasteiger partial charge in [-0.15, -0.1) is 0 Å². The number of benzene rings is 1. The Hall–Kier alpha value is -1.75. The molecule has 0 radical (unpaired) electrons. The molecule has 0 amide bonds. The molecule has 4 nitrogen and oxygen atoms in total. The quantitative estimate of drug-likeness (QED) is 0.647. The molecule has 98 valence electrons. The second-order valence-electron chi connectivity index (χ2n) is 4.13. The summed E-state index contributed by atoms with van der Waals surface area (Å²) in [7, 11) is 0. The SMILES string of the molecule is CCNC(C)/C(C)=C/c1cc([N+](=O)[O-])ccc1F. The number of nitro benzene ring substituents is 1. The molecule has 0 saturated carbocycles. The minimum absolute atomic E-state index is 0.105. The van der Waals surface area contributed by atoms with E-state index >= 15 is 0 Å². The van der Waals surface area contributed by atoms with Crippen LogP contribution in [-0.4, -0.2) is 17.5 Å². The Bertz CT molecular complexity index is 472. The molecule has 0 fully saturated rings. The molecule has 0 aromatic heterocycles. The van der Waals surface area contributed by atoms with Gasteiger partial charge in [0.2, 0.25) is 0 Å². The summed E-state index contributed by atoms with van der Waals surface area (Å²) < 4.78 is 13.6. The van der Waals surface area contributed by atoms with Crippen LogP contribution in [0.1, 0.15) is 26.3 Å². The van der Waals surface area contributed by atoms with Crippen LogP contribution in [-0.2, 0) is 0 Å². The monoisotopic (exact) mass is 252 g/mol. The number of nitro groups is 1. The van der Waals surface area contributed by atoms with E-state index in [0.29, 0.717) is 0 Å². The number of halogens is 1. The lowest BCUT2D eigenvalue weighted by molar-refractivity contribution is -0.384. The zero-order valence-corrected chi connectivity index (χ0v) is 10.7. The van der Waals surface area contributed by atoms with E-state index in [-0.39, 0.29) is 17.3 Å². The molecule has 0 aliphatic carbocycles. The third kappa shape index (κ3) is 3.63. The molecule has 1 atom stereocenters. The highest BCUT2D eigenvalue weighted by Crippen LogP contribution is 2.20. The molecule has 0 spiro atoms. The van der Waals surface area contributed by atoms with Crippen molar-refractivity contribution < 1.29 is 9.31 Å². The van der Waals surface area contributed by atoms with Crippen molar-refractivity contribution in [2.24, 2.45) is 0 Å². The molecule has 0 aliphatic heterocycles. The minimum atomic E-state index is -0.528. The van der Waals surface area contributed by atoms with Crippen molar-refractivity contribution in [1.29, 1.82) is 0 Å². The Morgan fingerprint density at radius 3 is 2.83 bits per heavy atom. The molecule has 0 saturated heterocycles. The van der Waals surface area contributed by atoms with E-state index in [1.165, 1.54) is 6.07 Å². The molecule has 0 aliphatic rings. The van der Waals surface area contributed by atoms with E-state index in [9.17, 15) is 14.5 Å². The van der Waals surface area contributed by atoms with Crippen LogP contribution in [0.2, 0.25) is 0 Å². The molecule has 18 heavy (non-hydrogen) atoms. The Morgan fingerprint density at radius 1 is 1.61 bits per heavy atom. The van der Waals surface area contributed by atoms with Crippen molar-refractivity contribution in [3.05, 3.63) is 45.3 Å². The summed E-state index contributed by atoms with van der Waals surface area (Å²) in [6, 6.07) is 3.64. The van der Waals surface area contributed by atoms with Gasteiger partial charge in [0.15, 0.2) is 0 Å². The number of non-ortho nitro benzene ring substituents is 1. The van der Waals surface area contributed by atoms with Crippen molar-refractivity contribution in [2.45, 2.75) is 26.8 Å². The summed E-state index contributed by atoms with van der Waals surface area (Å²) in [5, 5.41) is 13.8. The van der Waals surface area contributed by atoms with Gasteiger partial charge in [-0.1, -0.05) is 18.6 Å². The second-order valence-corrected chi connectivity index (χ2v) is 4.13.